The molecule has 1 aromatic heterocycles. The van der Waals surface area contributed by atoms with Gasteiger partial charge in [-0.3, -0.25) is 16.0 Å². The maximum Gasteiger partial charge on any atom is 0.0640 e. The van der Waals surface area contributed by atoms with E-state index in [-0.39, 0.29) is 0 Å². The van der Waals surface area contributed by atoms with E-state index in [2.05, 4.69) is 29.3 Å². The third kappa shape index (κ3) is 3.67. The molecule has 118 valence electrons. The van der Waals surface area contributed by atoms with Crippen LogP contribution in [0.4, 0.5) is 0 Å². The Hall–Kier alpha value is -0.870. The van der Waals surface area contributed by atoms with Gasteiger partial charge in [-0.25, -0.2) is 0 Å². The average Bonchev–Trinajstić information content (AvgIpc) is 3.15. The van der Waals surface area contributed by atoms with Crippen LogP contribution in [0.2, 0.25) is 0 Å². The van der Waals surface area contributed by atoms with Gasteiger partial charge in [0.25, 0.3) is 0 Å². The van der Waals surface area contributed by atoms with E-state index in [1.54, 1.807) is 0 Å². The summed E-state index contributed by atoms with van der Waals surface area (Å²) in [6.07, 6.45) is 13.8. The van der Waals surface area contributed by atoms with Gasteiger partial charge in [0.15, 0.2) is 0 Å². The minimum absolute atomic E-state index is 0.375. The monoisotopic (exact) mass is 290 g/mol. The van der Waals surface area contributed by atoms with E-state index in [0.29, 0.717) is 18.0 Å². The van der Waals surface area contributed by atoms with Crippen molar-refractivity contribution in [1.29, 1.82) is 0 Å². The second kappa shape index (κ2) is 6.93. The standard InChI is InChI=1S/C17H30N4/c1-13-5-4-6-14(11-13)17(19-18)12-15-9-10-21(20-15)16-7-2-3-8-16/h9-10,13-14,16-17,19H,2-8,11-12,18H2,1H3. The number of nitrogens with zero attached hydrogens (tertiary/aromatic N) is 2. The molecule has 4 nitrogen and oxygen atoms in total. The molecule has 0 spiro atoms. The van der Waals surface area contributed by atoms with Crippen molar-refractivity contribution in [1.82, 2.24) is 15.2 Å². The van der Waals surface area contributed by atoms with Crippen molar-refractivity contribution >= 4 is 0 Å². The molecule has 0 radical (unpaired) electrons. The summed E-state index contributed by atoms with van der Waals surface area (Å²) in [5.41, 5.74) is 4.27. The number of aromatic nitrogens is 2. The van der Waals surface area contributed by atoms with Crippen LogP contribution in [0.15, 0.2) is 12.3 Å². The van der Waals surface area contributed by atoms with E-state index in [4.69, 9.17) is 10.9 Å². The maximum absolute atomic E-state index is 5.84. The normalized spacial score (nSPS) is 28.9. The second-order valence-corrected chi connectivity index (χ2v) is 7.23. The third-order valence-electron chi connectivity index (χ3n) is 5.55. The molecule has 0 bridgehead atoms. The van der Waals surface area contributed by atoms with Gasteiger partial charge < -0.3 is 0 Å². The average molecular weight is 290 g/mol. The summed E-state index contributed by atoms with van der Waals surface area (Å²) in [7, 11) is 0. The van der Waals surface area contributed by atoms with Crippen molar-refractivity contribution in [3.63, 3.8) is 0 Å². The van der Waals surface area contributed by atoms with Gasteiger partial charge in [0.1, 0.15) is 0 Å². The molecule has 2 aliphatic carbocycles. The molecule has 21 heavy (non-hydrogen) atoms. The molecule has 3 rings (SSSR count). The highest BCUT2D eigenvalue weighted by atomic mass is 15.3. The number of hydrazine groups is 1. The lowest BCUT2D eigenvalue weighted by Gasteiger charge is -2.32. The second-order valence-electron chi connectivity index (χ2n) is 7.23. The first-order chi connectivity index (χ1) is 10.3. The molecular weight excluding hydrogens is 260 g/mol. The van der Waals surface area contributed by atoms with Crippen LogP contribution >= 0.6 is 0 Å². The van der Waals surface area contributed by atoms with Crippen LogP contribution in [-0.4, -0.2) is 15.8 Å². The molecule has 4 heteroatoms. The van der Waals surface area contributed by atoms with Crippen LogP contribution in [0.25, 0.3) is 0 Å². The van der Waals surface area contributed by atoms with Crippen molar-refractivity contribution < 1.29 is 0 Å². The molecule has 3 atom stereocenters. The van der Waals surface area contributed by atoms with Gasteiger partial charge in [-0.1, -0.05) is 32.6 Å². The number of nitrogens with one attached hydrogen (secondary N) is 1. The minimum atomic E-state index is 0.375. The fourth-order valence-electron chi connectivity index (χ4n) is 4.29. The zero-order valence-electron chi connectivity index (χ0n) is 13.3. The van der Waals surface area contributed by atoms with E-state index < -0.39 is 0 Å². The van der Waals surface area contributed by atoms with Crippen molar-refractivity contribution in [2.24, 2.45) is 17.7 Å². The van der Waals surface area contributed by atoms with E-state index in [1.807, 2.05) is 0 Å². The summed E-state index contributed by atoms with van der Waals surface area (Å²) >= 11 is 0. The quantitative estimate of drug-likeness (QED) is 0.647. The van der Waals surface area contributed by atoms with E-state index >= 15 is 0 Å². The highest BCUT2D eigenvalue weighted by molar-refractivity contribution is 5.03. The van der Waals surface area contributed by atoms with Crippen LogP contribution in [0.1, 0.15) is 70.0 Å². The topological polar surface area (TPSA) is 55.9 Å². The summed E-state index contributed by atoms with van der Waals surface area (Å²) in [5.74, 6) is 7.39. The van der Waals surface area contributed by atoms with E-state index in [1.165, 1.54) is 57.1 Å². The molecule has 2 aliphatic rings. The SMILES string of the molecule is CC1CCCC(C(Cc2ccn(C3CCCC3)n2)NN)C1. The van der Waals surface area contributed by atoms with Crippen LogP contribution < -0.4 is 11.3 Å². The number of hydrogen-bond donors (Lipinski definition) is 2. The molecule has 1 heterocycles. The molecule has 1 aromatic rings. The zero-order chi connectivity index (χ0) is 14.7. The molecule has 2 fully saturated rings. The van der Waals surface area contributed by atoms with Gasteiger partial charge >= 0.3 is 0 Å². The van der Waals surface area contributed by atoms with Crippen molar-refractivity contribution in [3.8, 4) is 0 Å². The smallest absolute Gasteiger partial charge is 0.0640 e. The van der Waals surface area contributed by atoms with Crippen molar-refractivity contribution in [3.05, 3.63) is 18.0 Å². The molecule has 0 saturated heterocycles. The molecule has 2 saturated carbocycles. The fraction of sp³-hybridized carbons (Fsp3) is 0.824. The predicted molar refractivity (Wildman–Crippen MR) is 85.7 cm³/mol. The number of nitrogens with two attached hydrogens (primary N) is 1. The summed E-state index contributed by atoms with van der Waals surface area (Å²) in [4.78, 5) is 0. The lowest BCUT2D eigenvalue weighted by atomic mass is 9.77. The molecule has 0 amide bonds. The van der Waals surface area contributed by atoms with Crippen LogP contribution in [0.5, 0.6) is 0 Å². The van der Waals surface area contributed by atoms with Crippen LogP contribution in [0.3, 0.4) is 0 Å². The highest BCUT2D eigenvalue weighted by Crippen LogP contribution is 2.32. The maximum atomic E-state index is 5.84. The minimum Gasteiger partial charge on any atom is -0.271 e. The van der Waals surface area contributed by atoms with Gasteiger partial charge in [-0.15, -0.1) is 0 Å². The highest BCUT2D eigenvalue weighted by Gasteiger charge is 2.27. The Bertz CT molecular complexity index is 436. The number of hydrogen-bond acceptors (Lipinski definition) is 3. The zero-order valence-corrected chi connectivity index (χ0v) is 13.3. The first-order valence-electron chi connectivity index (χ1n) is 8.76. The Morgan fingerprint density at radius 1 is 1.29 bits per heavy atom. The van der Waals surface area contributed by atoms with Crippen LogP contribution in [0, 0.1) is 11.8 Å². The summed E-state index contributed by atoms with van der Waals surface area (Å²) in [5, 5.41) is 4.81. The lowest BCUT2D eigenvalue weighted by molar-refractivity contribution is 0.221. The van der Waals surface area contributed by atoms with Crippen molar-refractivity contribution in [2.75, 3.05) is 0 Å². The van der Waals surface area contributed by atoms with Gasteiger partial charge in [-0.05, 0) is 43.6 Å². The lowest BCUT2D eigenvalue weighted by Crippen LogP contribution is -2.44. The third-order valence-corrected chi connectivity index (χ3v) is 5.55. The summed E-state index contributed by atoms with van der Waals surface area (Å²) in [6.45, 7) is 2.37. The Labute approximate surface area is 128 Å². The van der Waals surface area contributed by atoms with Crippen LogP contribution in [-0.2, 0) is 6.42 Å². The Morgan fingerprint density at radius 2 is 2.10 bits per heavy atom. The fourth-order valence-corrected chi connectivity index (χ4v) is 4.29. The van der Waals surface area contributed by atoms with Gasteiger partial charge in [-0.2, -0.15) is 5.10 Å². The van der Waals surface area contributed by atoms with Gasteiger partial charge in [0, 0.05) is 18.7 Å². The molecular formula is C17H30N4. The van der Waals surface area contributed by atoms with Gasteiger partial charge in [0.05, 0.1) is 11.7 Å². The molecule has 3 N–H and O–H groups in total. The molecule has 3 unspecified atom stereocenters. The first kappa shape index (κ1) is 15.0. The molecule has 0 aliphatic heterocycles. The van der Waals surface area contributed by atoms with Gasteiger partial charge in [0.2, 0.25) is 0 Å². The predicted octanol–water partition coefficient (Wildman–Crippen LogP) is 3.20. The Kier molecular flexibility index (Phi) is 4.96. The Morgan fingerprint density at radius 3 is 2.81 bits per heavy atom. The van der Waals surface area contributed by atoms with Crippen molar-refractivity contribution in [2.45, 2.75) is 76.8 Å². The summed E-state index contributed by atoms with van der Waals surface area (Å²) in [6, 6.07) is 3.20. The van der Waals surface area contributed by atoms with E-state index in [0.717, 1.165) is 12.3 Å². The first-order valence-corrected chi connectivity index (χ1v) is 8.76. The summed E-state index contributed by atoms with van der Waals surface area (Å²) < 4.78 is 2.19. The Balaban J connectivity index is 1.60. The molecule has 0 aromatic carbocycles. The number of rotatable bonds is 5. The van der Waals surface area contributed by atoms with E-state index in [9.17, 15) is 0 Å². The largest absolute Gasteiger partial charge is 0.271 e.